The van der Waals surface area contributed by atoms with Crippen molar-refractivity contribution in [2.24, 2.45) is 0 Å². The molecule has 0 saturated heterocycles. The average molecular weight is 330 g/mol. The number of ether oxygens (including phenoxy) is 1. The van der Waals surface area contributed by atoms with Crippen molar-refractivity contribution in [3.63, 3.8) is 0 Å². The molecule has 0 bridgehead atoms. The van der Waals surface area contributed by atoms with E-state index in [2.05, 4.69) is 10.5 Å². The second-order valence-corrected chi connectivity index (χ2v) is 4.99. The summed E-state index contributed by atoms with van der Waals surface area (Å²) in [5, 5.41) is 6.92. The maximum atomic E-state index is 13.1. The molecule has 0 aliphatic rings. The zero-order chi connectivity index (χ0) is 16.9. The van der Waals surface area contributed by atoms with Crippen molar-refractivity contribution in [1.82, 2.24) is 5.16 Å². The minimum absolute atomic E-state index is 0.170. The number of furan rings is 1. The Morgan fingerprint density at radius 3 is 2.75 bits per heavy atom. The van der Waals surface area contributed by atoms with Gasteiger partial charge in [-0.05, 0) is 36.4 Å². The van der Waals surface area contributed by atoms with Crippen LogP contribution in [0.1, 0.15) is 16.1 Å². The van der Waals surface area contributed by atoms with Crippen LogP contribution in [-0.4, -0.2) is 24.8 Å². The van der Waals surface area contributed by atoms with Gasteiger partial charge in [0.05, 0.1) is 13.4 Å². The number of hydrogen-bond acceptors (Lipinski definition) is 6. The summed E-state index contributed by atoms with van der Waals surface area (Å²) in [5.74, 6) is 0.0443. The van der Waals surface area contributed by atoms with E-state index >= 15 is 0 Å². The molecule has 0 amide bonds. The summed E-state index contributed by atoms with van der Waals surface area (Å²) >= 11 is 0. The molecule has 7 heteroatoms. The van der Waals surface area contributed by atoms with Crippen molar-refractivity contribution < 1.29 is 22.9 Å². The fourth-order valence-electron chi connectivity index (χ4n) is 2.26. The van der Waals surface area contributed by atoms with Crippen molar-refractivity contribution in [2.45, 2.75) is 6.42 Å². The molecule has 0 atom stereocenters. The summed E-state index contributed by atoms with van der Waals surface area (Å²) in [4.78, 5) is 12.1. The van der Waals surface area contributed by atoms with E-state index in [1.807, 2.05) is 6.07 Å². The quantitative estimate of drug-likeness (QED) is 0.697. The first-order valence-corrected chi connectivity index (χ1v) is 7.29. The van der Waals surface area contributed by atoms with Gasteiger partial charge in [-0.15, -0.1) is 0 Å². The number of methoxy groups -OCH3 is 1. The van der Waals surface area contributed by atoms with E-state index in [-0.39, 0.29) is 17.3 Å². The molecular formula is C17H15FN2O4. The van der Waals surface area contributed by atoms with E-state index in [1.165, 1.54) is 31.4 Å². The lowest BCUT2D eigenvalue weighted by atomic mass is 10.1. The molecule has 2 heterocycles. The van der Waals surface area contributed by atoms with E-state index in [1.54, 1.807) is 12.3 Å². The lowest BCUT2D eigenvalue weighted by Crippen LogP contribution is -2.09. The Morgan fingerprint density at radius 2 is 2.08 bits per heavy atom. The fourth-order valence-corrected chi connectivity index (χ4v) is 2.26. The largest absolute Gasteiger partial charge is 0.469 e. The van der Waals surface area contributed by atoms with Crippen molar-refractivity contribution in [2.75, 3.05) is 19.0 Å². The molecule has 2 aromatic heterocycles. The van der Waals surface area contributed by atoms with Crippen LogP contribution >= 0.6 is 0 Å². The number of halogens is 1. The third-order valence-corrected chi connectivity index (χ3v) is 3.44. The first kappa shape index (κ1) is 15.8. The molecule has 3 rings (SSSR count). The number of carbonyl (C=O) groups is 1. The number of anilines is 1. The number of esters is 1. The van der Waals surface area contributed by atoms with Crippen LogP contribution in [0.3, 0.4) is 0 Å². The molecule has 1 N–H and O–H groups in total. The van der Waals surface area contributed by atoms with Gasteiger partial charge in [-0.2, -0.15) is 0 Å². The minimum Gasteiger partial charge on any atom is -0.469 e. The van der Waals surface area contributed by atoms with Gasteiger partial charge in [0.2, 0.25) is 5.88 Å². The first-order chi connectivity index (χ1) is 11.7. The third-order valence-electron chi connectivity index (χ3n) is 3.44. The lowest BCUT2D eigenvalue weighted by molar-refractivity contribution is 0.0602. The van der Waals surface area contributed by atoms with Gasteiger partial charge in [0, 0.05) is 18.5 Å². The second-order valence-electron chi connectivity index (χ2n) is 4.99. The number of rotatable bonds is 6. The smallest absolute Gasteiger partial charge is 0.345 e. The van der Waals surface area contributed by atoms with Gasteiger partial charge in [-0.3, -0.25) is 0 Å². The van der Waals surface area contributed by atoms with E-state index in [0.717, 1.165) is 5.76 Å². The fraction of sp³-hybridized carbons (Fsp3) is 0.176. The highest BCUT2D eigenvalue weighted by atomic mass is 19.1. The molecule has 0 unspecified atom stereocenters. The Morgan fingerprint density at radius 1 is 1.29 bits per heavy atom. The molecule has 0 fully saturated rings. The van der Waals surface area contributed by atoms with E-state index in [9.17, 15) is 9.18 Å². The molecule has 0 aliphatic heterocycles. The SMILES string of the molecule is COC(=O)c1c(-c2ccc(F)cc2)noc1NCCc1ccco1. The molecule has 0 radical (unpaired) electrons. The number of carbonyl (C=O) groups excluding carboxylic acids is 1. The van der Waals surface area contributed by atoms with Crippen LogP contribution in [0.5, 0.6) is 0 Å². The van der Waals surface area contributed by atoms with Gasteiger partial charge >= 0.3 is 5.97 Å². The standard InChI is InChI=1S/C17H15FN2O4/c1-22-17(21)14-15(11-4-6-12(18)7-5-11)20-24-16(14)19-9-8-13-3-2-10-23-13/h2-7,10,19H,8-9H2,1H3. The average Bonchev–Trinajstić information content (AvgIpc) is 3.25. The van der Waals surface area contributed by atoms with Crippen LogP contribution in [0.15, 0.2) is 51.6 Å². The Labute approximate surface area is 137 Å². The topological polar surface area (TPSA) is 77.5 Å². The number of aromatic nitrogens is 1. The van der Waals surface area contributed by atoms with E-state index in [4.69, 9.17) is 13.7 Å². The summed E-state index contributed by atoms with van der Waals surface area (Å²) < 4.78 is 28.4. The van der Waals surface area contributed by atoms with Gasteiger partial charge in [0.25, 0.3) is 0 Å². The second kappa shape index (κ2) is 6.99. The Bertz CT molecular complexity index is 810. The van der Waals surface area contributed by atoms with Crippen LogP contribution < -0.4 is 5.32 Å². The van der Waals surface area contributed by atoms with Crippen LogP contribution in [-0.2, 0) is 11.2 Å². The number of nitrogens with zero attached hydrogens (tertiary/aromatic N) is 1. The van der Waals surface area contributed by atoms with E-state index in [0.29, 0.717) is 24.2 Å². The van der Waals surface area contributed by atoms with Crippen molar-refractivity contribution in [3.8, 4) is 11.3 Å². The Balaban J connectivity index is 1.83. The summed E-state index contributed by atoms with van der Waals surface area (Å²) in [6.07, 6.45) is 2.20. The van der Waals surface area contributed by atoms with Gasteiger partial charge in [-0.25, -0.2) is 9.18 Å². The molecule has 0 spiro atoms. The zero-order valence-corrected chi connectivity index (χ0v) is 12.9. The van der Waals surface area contributed by atoms with E-state index < -0.39 is 5.97 Å². The van der Waals surface area contributed by atoms with Crippen LogP contribution in [0.25, 0.3) is 11.3 Å². The number of nitrogens with one attached hydrogen (secondary N) is 1. The lowest BCUT2D eigenvalue weighted by Gasteiger charge is -2.04. The molecule has 124 valence electrons. The summed E-state index contributed by atoms with van der Waals surface area (Å²) in [6, 6.07) is 9.27. The maximum Gasteiger partial charge on any atom is 0.345 e. The number of benzene rings is 1. The molecule has 1 aromatic carbocycles. The molecule has 0 saturated carbocycles. The zero-order valence-electron chi connectivity index (χ0n) is 12.9. The monoisotopic (exact) mass is 330 g/mol. The van der Waals surface area contributed by atoms with Gasteiger partial charge in [0.1, 0.15) is 17.3 Å². The third kappa shape index (κ3) is 3.29. The normalized spacial score (nSPS) is 10.6. The predicted octanol–water partition coefficient (Wildman–Crippen LogP) is 3.51. The highest BCUT2D eigenvalue weighted by Crippen LogP contribution is 2.29. The van der Waals surface area contributed by atoms with Gasteiger partial charge in [0.15, 0.2) is 5.56 Å². The Kier molecular flexibility index (Phi) is 4.60. The molecule has 0 aliphatic carbocycles. The summed E-state index contributed by atoms with van der Waals surface area (Å²) in [5.41, 5.74) is 1.02. The number of hydrogen-bond donors (Lipinski definition) is 1. The summed E-state index contributed by atoms with van der Waals surface area (Å²) in [6.45, 7) is 0.482. The first-order valence-electron chi connectivity index (χ1n) is 7.29. The van der Waals surface area contributed by atoms with Gasteiger partial charge < -0.3 is 19.0 Å². The van der Waals surface area contributed by atoms with Crippen LogP contribution in [0.2, 0.25) is 0 Å². The highest BCUT2D eigenvalue weighted by Gasteiger charge is 2.24. The van der Waals surface area contributed by atoms with Gasteiger partial charge in [-0.1, -0.05) is 5.16 Å². The molecule has 6 nitrogen and oxygen atoms in total. The molecule has 24 heavy (non-hydrogen) atoms. The van der Waals surface area contributed by atoms with Crippen molar-refractivity contribution >= 4 is 11.9 Å². The minimum atomic E-state index is -0.587. The highest BCUT2D eigenvalue weighted by molar-refractivity contribution is 6.00. The summed E-state index contributed by atoms with van der Waals surface area (Å²) in [7, 11) is 1.27. The van der Waals surface area contributed by atoms with Crippen molar-refractivity contribution in [3.05, 3.63) is 59.8 Å². The maximum absolute atomic E-state index is 13.1. The van der Waals surface area contributed by atoms with Crippen LogP contribution in [0.4, 0.5) is 10.3 Å². The Hall–Kier alpha value is -3.09. The molecular weight excluding hydrogens is 315 g/mol. The van der Waals surface area contributed by atoms with Crippen molar-refractivity contribution in [1.29, 1.82) is 0 Å². The van der Waals surface area contributed by atoms with Crippen LogP contribution in [0, 0.1) is 5.82 Å². The molecule has 3 aromatic rings. The predicted molar refractivity (Wildman–Crippen MR) is 84.1 cm³/mol.